The number of furan rings is 1. The Morgan fingerprint density at radius 2 is 1.94 bits per heavy atom. The Hall–Kier alpha value is -3.01. The molecule has 0 radical (unpaired) electrons. The van der Waals surface area contributed by atoms with Crippen molar-refractivity contribution in [3.63, 3.8) is 0 Å². The predicted molar refractivity (Wildman–Crippen MR) is 111 cm³/mol. The van der Waals surface area contributed by atoms with Gasteiger partial charge < -0.3 is 20.4 Å². The topological polar surface area (TPSA) is 81.9 Å². The Bertz CT molecular complexity index is 899. The van der Waals surface area contributed by atoms with Crippen molar-refractivity contribution >= 4 is 17.6 Å². The number of carbonyl (C=O) groups is 1. The normalized spacial score (nSPS) is 15.7. The molecule has 0 saturated carbocycles. The number of guanidine groups is 1. The lowest BCUT2D eigenvalue weighted by molar-refractivity contribution is -0.114. The van der Waals surface area contributed by atoms with Crippen molar-refractivity contribution in [2.45, 2.75) is 25.8 Å². The van der Waals surface area contributed by atoms with Crippen LogP contribution in [-0.2, 0) is 4.79 Å². The molecule has 1 atom stereocenters. The number of carbonyl (C=O) groups excluding carboxylic acids is 1. The molecule has 10 heteroatoms. The molecule has 1 saturated heterocycles. The Morgan fingerprint density at radius 3 is 2.61 bits per heavy atom. The van der Waals surface area contributed by atoms with Gasteiger partial charge in [-0.25, -0.2) is 18.2 Å². The van der Waals surface area contributed by atoms with E-state index in [1.165, 1.54) is 0 Å². The van der Waals surface area contributed by atoms with E-state index in [0.29, 0.717) is 19.0 Å². The van der Waals surface area contributed by atoms with Gasteiger partial charge in [0.2, 0.25) is 5.91 Å². The Balaban J connectivity index is 1.61. The average molecular weight is 437 g/mol. The van der Waals surface area contributed by atoms with Crippen LogP contribution in [0.15, 0.2) is 39.9 Å². The molecule has 1 amide bonds. The Kier molecular flexibility index (Phi) is 7.94. The summed E-state index contributed by atoms with van der Waals surface area (Å²) in [5.41, 5.74) is -0.441. The molecule has 168 valence electrons. The van der Waals surface area contributed by atoms with Gasteiger partial charge in [-0.1, -0.05) is 0 Å². The first-order valence-corrected chi connectivity index (χ1v) is 10.2. The second-order valence-electron chi connectivity index (χ2n) is 7.12. The summed E-state index contributed by atoms with van der Waals surface area (Å²) in [5.74, 6) is -3.83. The minimum absolute atomic E-state index is 0.0199. The lowest BCUT2D eigenvalue weighted by Crippen LogP contribution is -2.43. The van der Waals surface area contributed by atoms with E-state index in [2.05, 4.69) is 25.8 Å². The number of hydrogen-bond donors (Lipinski definition) is 3. The minimum atomic E-state index is -1.64. The van der Waals surface area contributed by atoms with E-state index in [-0.39, 0.29) is 12.6 Å². The van der Waals surface area contributed by atoms with Crippen molar-refractivity contribution < 1.29 is 22.4 Å². The van der Waals surface area contributed by atoms with Crippen LogP contribution in [-0.4, -0.2) is 49.5 Å². The molecule has 0 aliphatic carbocycles. The average Bonchev–Trinajstić information content (AvgIpc) is 3.47. The lowest BCUT2D eigenvalue weighted by atomic mass is 10.2. The number of nitrogens with zero attached hydrogens (tertiary/aromatic N) is 2. The SMILES string of the molecule is CCNC(=NCC(=O)Nc1ccc(F)c(F)c1F)NCC(c1ccco1)N1CCCC1. The highest BCUT2D eigenvalue weighted by Crippen LogP contribution is 2.25. The zero-order valence-corrected chi connectivity index (χ0v) is 17.3. The van der Waals surface area contributed by atoms with Crippen molar-refractivity contribution in [1.82, 2.24) is 15.5 Å². The molecule has 1 fully saturated rings. The maximum absolute atomic E-state index is 13.7. The first kappa shape index (κ1) is 22.7. The largest absolute Gasteiger partial charge is 0.468 e. The lowest BCUT2D eigenvalue weighted by Gasteiger charge is -2.26. The maximum atomic E-state index is 13.7. The first-order chi connectivity index (χ1) is 15.0. The van der Waals surface area contributed by atoms with Gasteiger partial charge in [0, 0.05) is 13.1 Å². The van der Waals surface area contributed by atoms with Crippen LogP contribution in [0.2, 0.25) is 0 Å². The molecule has 1 unspecified atom stereocenters. The van der Waals surface area contributed by atoms with Crippen LogP contribution in [0.25, 0.3) is 0 Å². The number of amides is 1. The maximum Gasteiger partial charge on any atom is 0.246 e. The molecule has 2 heterocycles. The number of aliphatic imine (C=N–C) groups is 1. The fourth-order valence-electron chi connectivity index (χ4n) is 3.44. The third kappa shape index (κ3) is 6.00. The summed E-state index contributed by atoms with van der Waals surface area (Å²) in [4.78, 5) is 18.7. The molecule has 0 spiro atoms. The molecule has 3 N–H and O–H groups in total. The minimum Gasteiger partial charge on any atom is -0.468 e. The molecule has 1 aliphatic heterocycles. The van der Waals surface area contributed by atoms with E-state index < -0.39 is 29.0 Å². The zero-order valence-electron chi connectivity index (χ0n) is 17.3. The summed E-state index contributed by atoms with van der Waals surface area (Å²) in [6, 6.07) is 5.50. The molecule has 2 aromatic rings. The highest BCUT2D eigenvalue weighted by atomic mass is 19.2. The van der Waals surface area contributed by atoms with E-state index >= 15 is 0 Å². The van der Waals surface area contributed by atoms with Crippen molar-refractivity contribution in [2.24, 2.45) is 4.99 Å². The third-order valence-corrected chi connectivity index (χ3v) is 4.95. The van der Waals surface area contributed by atoms with E-state index in [0.717, 1.165) is 43.8 Å². The molecule has 1 aliphatic rings. The number of rotatable bonds is 8. The van der Waals surface area contributed by atoms with Crippen LogP contribution in [0, 0.1) is 17.5 Å². The van der Waals surface area contributed by atoms with Crippen LogP contribution in [0.1, 0.15) is 31.6 Å². The number of anilines is 1. The van der Waals surface area contributed by atoms with Gasteiger partial charge in [0.1, 0.15) is 12.3 Å². The van der Waals surface area contributed by atoms with Gasteiger partial charge in [-0.3, -0.25) is 9.69 Å². The molecule has 1 aromatic carbocycles. The first-order valence-electron chi connectivity index (χ1n) is 10.2. The molecule has 3 rings (SSSR count). The standard InChI is InChI=1S/C21H26F3N5O2/c1-2-25-21(26-12-16(17-6-5-11-31-17)29-9-3-4-10-29)27-13-18(30)28-15-8-7-14(22)19(23)20(15)24/h5-8,11,16H,2-4,9-10,12-13H2,1H3,(H,28,30)(H2,25,26,27). The summed E-state index contributed by atoms with van der Waals surface area (Å²) in [7, 11) is 0. The Labute approximate surface area is 178 Å². The number of nitrogens with one attached hydrogen (secondary N) is 3. The van der Waals surface area contributed by atoms with E-state index in [1.54, 1.807) is 6.26 Å². The second-order valence-corrected chi connectivity index (χ2v) is 7.12. The number of likely N-dealkylation sites (tertiary alicyclic amines) is 1. The van der Waals surface area contributed by atoms with E-state index in [4.69, 9.17) is 4.42 Å². The van der Waals surface area contributed by atoms with Gasteiger partial charge in [0.25, 0.3) is 0 Å². The Morgan fingerprint density at radius 1 is 1.16 bits per heavy atom. The highest BCUT2D eigenvalue weighted by molar-refractivity contribution is 5.94. The highest BCUT2D eigenvalue weighted by Gasteiger charge is 2.25. The molecule has 0 bridgehead atoms. The summed E-state index contributed by atoms with van der Waals surface area (Å²) < 4.78 is 45.7. The fourth-order valence-corrected chi connectivity index (χ4v) is 3.44. The molecule has 31 heavy (non-hydrogen) atoms. The third-order valence-electron chi connectivity index (χ3n) is 4.95. The van der Waals surface area contributed by atoms with Crippen LogP contribution in [0.3, 0.4) is 0 Å². The van der Waals surface area contributed by atoms with Crippen LogP contribution in [0.4, 0.5) is 18.9 Å². The summed E-state index contributed by atoms with van der Waals surface area (Å²) in [6.45, 7) is 4.59. The smallest absolute Gasteiger partial charge is 0.246 e. The van der Waals surface area contributed by atoms with E-state index in [1.807, 2.05) is 19.1 Å². The number of halogens is 3. The van der Waals surface area contributed by atoms with Crippen molar-refractivity contribution in [1.29, 1.82) is 0 Å². The van der Waals surface area contributed by atoms with Gasteiger partial charge in [0.15, 0.2) is 23.4 Å². The quantitative estimate of drug-likeness (QED) is 0.336. The monoisotopic (exact) mass is 437 g/mol. The molecular weight excluding hydrogens is 411 g/mol. The number of hydrogen-bond acceptors (Lipinski definition) is 4. The van der Waals surface area contributed by atoms with Crippen LogP contribution >= 0.6 is 0 Å². The second kappa shape index (κ2) is 10.9. The zero-order chi connectivity index (χ0) is 22.2. The predicted octanol–water partition coefficient (Wildman–Crippen LogP) is 3.03. The van der Waals surface area contributed by atoms with Gasteiger partial charge in [0.05, 0.1) is 18.0 Å². The molecule has 7 nitrogen and oxygen atoms in total. The van der Waals surface area contributed by atoms with Gasteiger partial charge in [-0.05, 0) is 57.1 Å². The summed E-state index contributed by atoms with van der Waals surface area (Å²) in [6.07, 6.45) is 3.90. The van der Waals surface area contributed by atoms with E-state index in [9.17, 15) is 18.0 Å². The molecular formula is C21H26F3N5O2. The van der Waals surface area contributed by atoms with Gasteiger partial charge >= 0.3 is 0 Å². The number of benzene rings is 1. The van der Waals surface area contributed by atoms with Crippen molar-refractivity contribution in [3.05, 3.63) is 53.7 Å². The van der Waals surface area contributed by atoms with Crippen molar-refractivity contribution in [3.8, 4) is 0 Å². The van der Waals surface area contributed by atoms with Gasteiger partial charge in [-0.15, -0.1) is 0 Å². The summed E-state index contributed by atoms with van der Waals surface area (Å²) in [5, 5.41) is 8.46. The van der Waals surface area contributed by atoms with Crippen LogP contribution < -0.4 is 16.0 Å². The fraction of sp³-hybridized carbons (Fsp3) is 0.429. The van der Waals surface area contributed by atoms with Crippen molar-refractivity contribution in [2.75, 3.05) is 38.0 Å². The molecule has 1 aromatic heterocycles. The van der Waals surface area contributed by atoms with Gasteiger partial charge in [-0.2, -0.15) is 0 Å². The summed E-state index contributed by atoms with van der Waals surface area (Å²) >= 11 is 0. The van der Waals surface area contributed by atoms with Crippen LogP contribution in [0.5, 0.6) is 0 Å².